The van der Waals surface area contributed by atoms with Gasteiger partial charge in [-0.3, -0.25) is 9.89 Å². The minimum Gasteiger partial charge on any atom is -0.493 e. The van der Waals surface area contributed by atoms with Crippen LogP contribution in [0.2, 0.25) is 0 Å². The molecular weight excluding hydrogens is 505 g/mol. The van der Waals surface area contributed by atoms with Gasteiger partial charge in [0.15, 0.2) is 17.5 Å². The standard InChI is InChI=1S/C23H33N5O2.HI/c1-29-21-11-10-19(18-22(21)30-2)26-23(24)25-12-6-7-13-27-14-16-28(17-15-27)20-8-4-3-5-9-20;/h3-5,8-11,18H,6-7,12-17H2,1-2H3,(H3,24,25,26);1H. The molecule has 0 saturated carbocycles. The zero-order valence-electron chi connectivity index (χ0n) is 18.4. The molecule has 2 aromatic rings. The van der Waals surface area contributed by atoms with E-state index in [2.05, 4.69) is 50.4 Å². The van der Waals surface area contributed by atoms with Crippen LogP contribution >= 0.6 is 24.0 Å². The number of guanidine groups is 1. The van der Waals surface area contributed by atoms with Gasteiger partial charge in [-0.05, 0) is 43.7 Å². The predicted molar refractivity (Wildman–Crippen MR) is 139 cm³/mol. The molecule has 1 saturated heterocycles. The number of nitrogens with zero attached hydrogens (tertiary/aromatic N) is 3. The summed E-state index contributed by atoms with van der Waals surface area (Å²) in [6, 6.07) is 16.2. The number of hydrogen-bond acceptors (Lipinski definition) is 5. The SMILES string of the molecule is COc1ccc(NC(N)=NCCCCN2CCN(c3ccccc3)CC2)cc1OC.I. The summed E-state index contributed by atoms with van der Waals surface area (Å²) in [4.78, 5) is 9.43. The van der Waals surface area contributed by atoms with E-state index in [4.69, 9.17) is 15.2 Å². The Balaban J connectivity index is 0.00000341. The first-order valence-corrected chi connectivity index (χ1v) is 10.5. The lowest BCUT2D eigenvalue weighted by Gasteiger charge is -2.36. The number of halogens is 1. The second-order valence-corrected chi connectivity index (χ2v) is 7.33. The molecule has 0 aromatic heterocycles. The van der Waals surface area contributed by atoms with Gasteiger partial charge in [-0.2, -0.15) is 0 Å². The molecule has 3 rings (SSSR count). The van der Waals surface area contributed by atoms with Gasteiger partial charge < -0.3 is 25.4 Å². The van der Waals surface area contributed by atoms with Gasteiger partial charge in [0.05, 0.1) is 14.2 Å². The number of benzene rings is 2. The summed E-state index contributed by atoms with van der Waals surface area (Å²) in [5.74, 6) is 1.75. The third-order valence-corrected chi connectivity index (χ3v) is 5.31. The smallest absolute Gasteiger partial charge is 0.193 e. The molecule has 31 heavy (non-hydrogen) atoms. The van der Waals surface area contributed by atoms with Crippen LogP contribution in [0.15, 0.2) is 53.5 Å². The van der Waals surface area contributed by atoms with E-state index in [0.717, 1.165) is 57.8 Å². The zero-order valence-corrected chi connectivity index (χ0v) is 20.7. The highest BCUT2D eigenvalue weighted by Gasteiger charge is 2.16. The highest BCUT2D eigenvalue weighted by molar-refractivity contribution is 14.0. The van der Waals surface area contributed by atoms with Gasteiger partial charge in [-0.15, -0.1) is 24.0 Å². The molecule has 170 valence electrons. The fourth-order valence-corrected chi connectivity index (χ4v) is 3.62. The number of ether oxygens (including phenoxy) is 2. The summed E-state index contributed by atoms with van der Waals surface area (Å²) in [6.45, 7) is 6.23. The summed E-state index contributed by atoms with van der Waals surface area (Å²) in [6.07, 6.45) is 2.14. The van der Waals surface area contributed by atoms with Gasteiger partial charge in [0.25, 0.3) is 0 Å². The van der Waals surface area contributed by atoms with Crippen molar-refractivity contribution in [3.8, 4) is 11.5 Å². The van der Waals surface area contributed by atoms with Gasteiger partial charge >= 0.3 is 0 Å². The number of hydrogen-bond donors (Lipinski definition) is 2. The Bertz CT molecular complexity index is 811. The molecule has 0 aliphatic carbocycles. The Labute approximate surface area is 202 Å². The molecule has 0 bridgehead atoms. The maximum Gasteiger partial charge on any atom is 0.193 e. The average Bonchev–Trinajstić information content (AvgIpc) is 2.79. The van der Waals surface area contributed by atoms with E-state index >= 15 is 0 Å². The average molecular weight is 539 g/mol. The van der Waals surface area contributed by atoms with Gasteiger partial charge in [-0.25, -0.2) is 0 Å². The molecule has 8 heteroatoms. The lowest BCUT2D eigenvalue weighted by molar-refractivity contribution is 0.253. The number of methoxy groups -OCH3 is 2. The van der Waals surface area contributed by atoms with Crippen LogP contribution in [-0.4, -0.2) is 64.3 Å². The largest absolute Gasteiger partial charge is 0.493 e. The summed E-state index contributed by atoms with van der Waals surface area (Å²) >= 11 is 0. The molecule has 0 radical (unpaired) electrons. The van der Waals surface area contributed by atoms with Crippen molar-refractivity contribution >= 4 is 41.3 Å². The Morgan fingerprint density at radius 2 is 1.68 bits per heavy atom. The lowest BCUT2D eigenvalue weighted by Crippen LogP contribution is -2.46. The number of piperazine rings is 1. The van der Waals surface area contributed by atoms with Gasteiger partial charge in [0.1, 0.15) is 0 Å². The van der Waals surface area contributed by atoms with Gasteiger partial charge in [0.2, 0.25) is 0 Å². The molecule has 3 N–H and O–H groups in total. The molecule has 1 aliphatic heterocycles. The van der Waals surface area contributed by atoms with Crippen molar-refractivity contribution < 1.29 is 9.47 Å². The molecule has 0 atom stereocenters. The van der Waals surface area contributed by atoms with Crippen LogP contribution in [0.4, 0.5) is 11.4 Å². The molecular formula is C23H34IN5O2. The quantitative estimate of drug-likeness (QED) is 0.219. The Morgan fingerprint density at radius 1 is 0.968 bits per heavy atom. The first-order chi connectivity index (χ1) is 14.7. The second-order valence-electron chi connectivity index (χ2n) is 7.33. The number of anilines is 2. The van der Waals surface area contributed by atoms with E-state index in [1.165, 1.54) is 5.69 Å². The second kappa shape index (κ2) is 13.3. The van der Waals surface area contributed by atoms with Crippen molar-refractivity contribution in [3.05, 3.63) is 48.5 Å². The lowest BCUT2D eigenvalue weighted by atomic mass is 10.2. The number of nitrogens with two attached hydrogens (primary N) is 1. The minimum atomic E-state index is 0. The number of rotatable bonds is 9. The minimum absolute atomic E-state index is 0. The Hall–Kier alpha value is -2.20. The fourth-order valence-electron chi connectivity index (χ4n) is 3.62. The Morgan fingerprint density at radius 3 is 2.35 bits per heavy atom. The summed E-state index contributed by atoms with van der Waals surface area (Å²) in [7, 11) is 3.23. The van der Waals surface area contributed by atoms with Gasteiger partial charge in [-0.1, -0.05) is 18.2 Å². The maximum atomic E-state index is 6.01. The van der Waals surface area contributed by atoms with Crippen LogP contribution in [0.25, 0.3) is 0 Å². The molecule has 0 spiro atoms. The molecule has 1 aliphatic rings. The van der Waals surface area contributed by atoms with Crippen molar-refractivity contribution in [2.24, 2.45) is 10.7 Å². The van der Waals surface area contributed by atoms with Crippen LogP contribution in [0.5, 0.6) is 11.5 Å². The van der Waals surface area contributed by atoms with E-state index < -0.39 is 0 Å². The van der Waals surface area contributed by atoms with Crippen molar-refractivity contribution in [2.45, 2.75) is 12.8 Å². The highest BCUT2D eigenvalue weighted by Crippen LogP contribution is 2.29. The van der Waals surface area contributed by atoms with Crippen molar-refractivity contribution in [1.82, 2.24) is 4.90 Å². The maximum absolute atomic E-state index is 6.01. The molecule has 2 aromatic carbocycles. The zero-order chi connectivity index (χ0) is 21.2. The third kappa shape index (κ3) is 7.77. The fraction of sp³-hybridized carbons (Fsp3) is 0.435. The highest BCUT2D eigenvalue weighted by atomic mass is 127. The van der Waals surface area contributed by atoms with Crippen LogP contribution in [0.3, 0.4) is 0 Å². The molecule has 0 unspecified atom stereocenters. The van der Waals surface area contributed by atoms with E-state index in [1.54, 1.807) is 14.2 Å². The van der Waals surface area contributed by atoms with E-state index in [1.807, 2.05) is 18.2 Å². The Kier molecular flexibility index (Phi) is 10.7. The molecule has 0 amide bonds. The van der Waals surface area contributed by atoms with Crippen LogP contribution in [0, 0.1) is 0 Å². The van der Waals surface area contributed by atoms with E-state index in [9.17, 15) is 0 Å². The van der Waals surface area contributed by atoms with E-state index in [0.29, 0.717) is 17.5 Å². The van der Waals surface area contributed by atoms with Crippen molar-refractivity contribution in [2.75, 3.05) is 63.7 Å². The van der Waals surface area contributed by atoms with Crippen LogP contribution < -0.4 is 25.4 Å². The topological polar surface area (TPSA) is 75.4 Å². The van der Waals surface area contributed by atoms with Crippen molar-refractivity contribution in [1.29, 1.82) is 0 Å². The number of unbranched alkanes of at least 4 members (excludes halogenated alkanes) is 1. The number of para-hydroxylation sites is 1. The normalized spacial score (nSPS) is 14.6. The number of nitrogens with one attached hydrogen (secondary N) is 1. The molecule has 1 heterocycles. The third-order valence-electron chi connectivity index (χ3n) is 5.31. The summed E-state index contributed by atoms with van der Waals surface area (Å²) in [5.41, 5.74) is 8.16. The van der Waals surface area contributed by atoms with Crippen LogP contribution in [-0.2, 0) is 0 Å². The van der Waals surface area contributed by atoms with Gasteiger partial charge in [0, 0.05) is 50.2 Å². The summed E-state index contributed by atoms with van der Waals surface area (Å²) in [5, 5.41) is 3.10. The predicted octanol–water partition coefficient (Wildman–Crippen LogP) is 3.65. The van der Waals surface area contributed by atoms with Crippen LogP contribution in [0.1, 0.15) is 12.8 Å². The molecule has 7 nitrogen and oxygen atoms in total. The van der Waals surface area contributed by atoms with E-state index in [-0.39, 0.29) is 24.0 Å². The molecule has 1 fully saturated rings. The number of aliphatic imine (C=N–C) groups is 1. The first-order valence-electron chi connectivity index (χ1n) is 10.5. The first kappa shape index (κ1) is 25.1. The summed E-state index contributed by atoms with van der Waals surface area (Å²) < 4.78 is 10.6. The monoisotopic (exact) mass is 539 g/mol. The van der Waals surface area contributed by atoms with Crippen molar-refractivity contribution in [3.63, 3.8) is 0 Å².